The highest BCUT2D eigenvalue weighted by molar-refractivity contribution is 6.31. The van der Waals surface area contributed by atoms with Gasteiger partial charge in [0, 0.05) is 36.4 Å². The van der Waals surface area contributed by atoms with Gasteiger partial charge in [0.25, 0.3) is 5.89 Å². The Morgan fingerprint density at radius 3 is 2.69 bits per heavy atom. The third-order valence-corrected chi connectivity index (χ3v) is 5.80. The van der Waals surface area contributed by atoms with E-state index >= 15 is 0 Å². The lowest BCUT2D eigenvalue weighted by Crippen LogP contribution is -1.97. The van der Waals surface area contributed by atoms with Crippen molar-refractivity contribution < 1.29 is 23.6 Å². The fraction of sp³-hybridized carbons (Fsp3) is 0.231. The van der Waals surface area contributed by atoms with Crippen LogP contribution in [0, 0.1) is 5.82 Å². The van der Waals surface area contributed by atoms with E-state index in [2.05, 4.69) is 15.1 Å². The number of carbonyl (C=O) groups is 1. The van der Waals surface area contributed by atoms with Crippen molar-refractivity contribution in [3.63, 3.8) is 0 Å². The van der Waals surface area contributed by atoms with Crippen LogP contribution >= 0.6 is 11.6 Å². The molecule has 0 amide bonds. The Bertz CT molecular complexity index is 1340. The number of methoxy groups -OCH3 is 1. The lowest BCUT2D eigenvalue weighted by Gasteiger charge is -2.11. The smallest absolute Gasteiger partial charge is 0.303 e. The number of carboxylic acid groups (broad SMARTS) is 1. The number of hydrogen-bond donors (Lipinski definition) is 1. The molecule has 180 valence electrons. The first-order chi connectivity index (χ1) is 17.0. The summed E-state index contributed by atoms with van der Waals surface area (Å²) in [6, 6.07) is 13.7. The number of unbranched alkanes of at least 4 members (excludes halogenated alkanes) is 1. The minimum absolute atomic E-state index is 0.120. The zero-order valence-corrected chi connectivity index (χ0v) is 19.8. The highest BCUT2D eigenvalue weighted by atomic mass is 35.5. The number of carboxylic acids is 1. The largest absolute Gasteiger partial charge is 0.481 e. The second-order valence-corrected chi connectivity index (χ2v) is 8.37. The fourth-order valence-corrected chi connectivity index (χ4v) is 4.00. The summed E-state index contributed by atoms with van der Waals surface area (Å²) < 4.78 is 25.2. The summed E-state index contributed by atoms with van der Waals surface area (Å²) in [5, 5.41) is 13.3. The van der Waals surface area contributed by atoms with Gasteiger partial charge in [-0.15, -0.1) is 0 Å². The molecule has 7 nitrogen and oxygen atoms in total. The predicted octanol–water partition coefficient (Wildman–Crippen LogP) is 6.20. The van der Waals surface area contributed by atoms with E-state index in [1.165, 1.54) is 6.07 Å². The zero-order valence-electron chi connectivity index (χ0n) is 19.0. The van der Waals surface area contributed by atoms with E-state index in [9.17, 15) is 9.18 Å². The van der Waals surface area contributed by atoms with Crippen LogP contribution in [0.5, 0.6) is 0 Å². The number of halogens is 2. The molecule has 0 aliphatic rings. The second kappa shape index (κ2) is 11.2. The molecule has 0 atom stereocenters. The summed E-state index contributed by atoms with van der Waals surface area (Å²) in [5.74, 6) is -0.500. The van der Waals surface area contributed by atoms with Crippen molar-refractivity contribution in [3.05, 3.63) is 76.8 Å². The number of benzene rings is 2. The van der Waals surface area contributed by atoms with Crippen molar-refractivity contribution in [1.29, 1.82) is 0 Å². The van der Waals surface area contributed by atoms with Gasteiger partial charge in [-0.1, -0.05) is 41.0 Å². The standard InChI is InChI=1S/C26H23ClFN3O4/c1-34-15-18-12-16(10-11-19(18)20-6-2-3-7-22(20)28)26-30-25(31-35-26)17-13-21(27)23(29-14-17)8-4-5-9-24(32)33/h2-3,6-7,10-14H,4-5,8-9,15H2,1H3,(H,32,33). The maximum atomic E-state index is 14.4. The van der Waals surface area contributed by atoms with Crippen molar-refractivity contribution in [3.8, 4) is 34.0 Å². The summed E-state index contributed by atoms with van der Waals surface area (Å²) in [6.07, 6.45) is 3.56. The van der Waals surface area contributed by atoms with Crippen LogP contribution in [0.15, 0.2) is 59.3 Å². The van der Waals surface area contributed by atoms with E-state index in [0.717, 1.165) is 11.1 Å². The molecular formula is C26H23ClFN3O4. The molecule has 0 aliphatic heterocycles. The lowest BCUT2D eigenvalue weighted by molar-refractivity contribution is -0.137. The summed E-state index contributed by atoms with van der Waals surface area (Å²) >= 11 is 6.38. The van der Waals surface area contributed by atoms with Crippen LogP contribution in [0.2, 0.25) is 5.02 Å². The molecular weight excluding hydrogens is 473 g/mol. The zero-order chi connectivity index (χ0) is 24.8. The lowest BCUT2D eigenvalue weighted by atomic mass is 9.97. The normalized spacial score (nSPS) is 11.1. The van der Waals surface area contributed by atoms with Gasteiger partial charge in [-0.3, -0.25) is 9.78 Å². The molecule has 1 N–H and O–H groups in total. The average Bonchev–Trinajstić information content (AvgIpc) is 3.34. The first-order valence-electron chi connectivity index (χ1n) is 11.0. The third kappa shape index (κ3) is 5.90. The molecule has 0 aliphatic carbocycles. The van der Waals surface area contributed by atoms with E-state index in [1.54, 1.807) is 43.6 Å². The summed E-state index contributed by atoms with van der Waals surface area (Å²) in [4.78, 5) is 19.5. The van der Waals surface area contributed by atoms with Crippen LogP contribution in [0.1, 0.15) is 30.5 Å². The van der Waals surface area contributed by atoms with Gasteiger partial charge in [0.15, 0.2) is 0 Å². The highest BCUT2D eigenvalue weighted by Gasteiger charge is 2.16. The number of aliphatic carboxylic acids is 1. The number of aromatic nitrogens is 3. The minimum atomic E-state index is -0.816. The number of rotatable bonds is 10. The van der Waals surface area contributed by atoms with Crippen molar-refractivity contribution in [2.75, 3.05) is 7.11 Å². The topological polar surface area (TPSA) is 98.3 Å². The Labute approximate surface area is 206 Å². The predicted molar refractivity (Wildman–Crippen MR) is 129 cm³/mol. The van der Waals surface area contributed by atoms with Crippen LogP contribution in [0.4, 0.5) is 4.39 Å². The van der Waals surface area contributed by atoms with E-state index in [-0.39, 0.29) is 18.8 Å². The Hall–Kier alpha value is -3.62. The van der Waals surface area contributed by atoms with Gasteiger partial charge in [0.1, 0.15) is 5.82 Å². The van der Waals surface area contributed by atoms with E-state index < -0.39 is 5.97 Å². The van der Waals surface area contributed by atoms with E-state index in [0.29, 0.717) is 58.4 Å². The highest BCUT2D eigenvalue weighted by Crippen LogP contribution is 2.32. The number of pyridine rings is 1. The number of aryl methyl sites for hydroxylation is 1. The summed E-state index contributed by atoms with van der Waals surface area (Å²) in [5.41, 5.74) is 3.96. The summed E-state index contributed by atoms with van der Waals surface area (Å²) in [6.45, 7) is 0.284. The van der Waals surface area contributed by atoms with Crippen LogP contribution in [0.25, 0.3) is 34.0 Å². The van der Waals surface area contributed by atoms with Crippen LogP contribution in [-0.2, 0) is 22.6 Å². The van der Waals surface area contributed by atoms with E-state index in [1.807, 2.05) is 12.1 Å². The SMILES string of the molecule is COCc1cc(-c2nc(-c3cnc(CCCCC(=O)O)c(Cl)c3)no2)ccc1-c1ccccc1F. The molecule has 4 rings (SSSR count). The molecule has 0 radical (unpaired) electrons. The molecule has 0 saturated heterocycles. The third-order valence-electron chi connectivity index (χ3n) is 5.47. The Balaban J connectivity index is 1.55. The molecule has 0 bridgehead atoms. The van der Waals surface area contributed by atoms with Crippen molar-refractivity contribution >= 4 is 17.6 Å². The molecule has 0 spiro atoms. The van der Waals surface area contributed by atoms with Crippen LogP contribution in [0.3, 0.4) is 0 Å². The van der Waals surface area contributed by atoms with Crippen molar-refractivity contribution in [1.82, 2.24) is 15.1 Å². The summed E-state index contributed by atoms with van der Waals surface area (Å²) in [7, 11) is 1.58. The minimum Gasteiger partial charge on any atom is -0.481 e. The maximum Gasteiger partial charge on any atom is 0.303 e. The molecule has 0 unspecified atom stereocenters. The monoisotopic (exact) mass is 495 g/mol. The van der Waals surface area contributed by atoms with E-state index in [4.69, 9.17) is 26.0 Å². The Kier molecular flexibility index (Phi) is 7.84. The van der Waals surface area contributed by atoms with Gasteiger partial charge in [-0.25, -0.2) is 4.39 Å². The van der Waals surface area contributed by atoms with Gasteiger partial charge in [0.05, 0.1) is 17.3 Å². The second-order valence-electron chi connectivity index (χ2n) is 7.96. The van der Waals surface area contributed by atoms with Gasteiger partial charge in [-0.05, 0) is 54.7 Å². The number of hydrogen-bond acceptors (Lipinski definition) is 6. The fourth-order valence-electron chi connectivity index (χ4n) is 3.74. The van der Waals surface area contributed by atoms with Crippen LogP contribution < -0.4 is 0 Å². The van der Waals surface area contributed by atoms with Crippen molar-refractivity contribution in [2.24, 2.45) is 0 Å². The quantitative estimate of drug-likeness (QED) is 0.261. The molecule has 2 aromatic heterocycles. The molecule has 2 aromatic carbocycles. The van der Waals surface area contributed by atoms with Gasteiger partial charge in [0.2, 0.25) is 5.82 Å². The molecule has 4 aromatic rings. The average molecular weight is 496 g/mol. The molecule has 35 heavy (non-hydrogen) atoms. The van der Waals surface area contributed by atoms with Crippen LogP contribution in [-0.4, -0.2) is 33.3 Å². The molecule has 9 heteroatoms. The van der Waals surface area contributed by atoms with Gasteiger partial charge in [-0.2, -0.15) is 4.98 Å². The first-order valence-corrected chi connectivity index (χ1v) is 11.4. The number of ether oxygens (including phenoxy) is 1. The number of nitrogens with zero attached hydrogens (tertiary/aromatic N) is 3. The Morgan fingerprint density at radius 1 is 1.11 bits per heavy atom. The van der Waals surface area contributed by atoms with Gasteiger partial charge >= 0.3 is 5.97 Å². The van der Waals surface area contributed by atoms with Crippen molar-refractivity contribution in [2.45, 2.75) is 32.3 Å². The molecule has 0 fully saturated rings. The van der Waals surface area contributed by atoms with Gasteiger partial charge < -0.3 is 14.4 Å². The molecule has 0 saturated carbocycles. The maximum absolute atomic E-state index is 14.4. The Morgan fingerprint density at radius 2 is 1.94 bits per heavy atom. The first kappa shape index (κ1) is 24.5. The molecule has 2 heterocycles.